The Kier molecular flexibility index (Phi) is 5.47. The minimum atomic E-state index is -4.18. The lowest BCUT2D eigenvalue weighted by Crippen LogP contribution is -2.15. The number of ether oxygens (including phenoxy) is 2. The van der Waals surface area contributed by atoms with Crippen LogP contribution in [0, 0.1) is 0 Å². The van der Waals surface area contributed by atoms with Gasteiger partial charge in [-0.2, -0.15) is 13.2 Å². The summed E-state index contributed by atoms with van der Waals surface area (Å²) < 4.78 is 46.5. The molecular formula is C15H20F3NO2. The Labute approximate surface area is 122 Å². The Bertz CT molecular complexity index is 459. The van der Waals surface area contributed by atoms with Gasteiger partial charge >= 0.3 is 6.18 Å². The zero-order valence-corrected chi connectivity index (χ0v) is 12.0. The van der Waals surface area contributed by atoms with Gasteiger partial charge in [-0.05, 0) is 30.5 Å². The number of alkyl halides is 3. The largest absolute Gasteiger partial charge is 0.496 e. The second kappa shape index (κ2) is 7.13. The van der Waals surface area contributed by atoms with Crippen molar-refractivity contribution in [1.82, 2.24) is 5.32 Å². The zero-order chi connectivity index (χ0) is 15.3. The molecule has 6 heteroatoms. The van der Waals surface area contributed by atoms with Crippen molar-refractivity contribution in [1.29, 1.82) is 0 Å². The van der Waals surface area contributed by atoms with Crippen molar-refractivity contribution in [3.63, 3.8) is 0 Å². The minimum Gasteiger partial charge on any atom is -0.496 e. The molecular weight excluding hydrogens is 283 g/mol. The maximum atomic E-state index is 12.1. The van der Waals surface area contributed by atoms with E-state index in [9.17, 15) is 13.2 Å². The summed E-state index contributed by atoms with van der Waals surface area (Å²) in [5, 5.41) is 3.39. The maximum Gasteiger partial charge on any atom is 0.391 e. The van der Waals surface area contributed by atoms with E-state index >= 15 is 0 Å². The molecule has 118 valence electrons. The molecule has 0 bridgehead atoms. The molecule has 0 amide bonds. The molecule has 1 aromatic carbocycles. The van der Waals surface area contributed by atoms with Crippen LogP contribution in [-0.2, 0) is 17.9 Å². The Hall–Kier alpha value is -1.27. The van der Waals surface area contributed by atoms with E-state index in [2.05, 4.69) is 5.32 Å². The summed E-state index contributed by atoms with van der Waals surface area (Å²) in [7, 11) is 1.54. The van der Waals surface area contributed by atoms with Crippen LogP contribution in [0.1, 0.15) is 30.4 Å². The molecule has 3 nitrogen and oxygen atoms in total. The molecule has 1 aromatic rings. The number of hydrogen-bond donors (Lipinski definition) is 1. The Morgan fingerprint density at radius 1 is 1.29 bits per heavy atom. The molecule has 1 saturated carbocycles. The molecule has 0 spiro atoms. The monoisotopic (exact) mass is 303 g/mol. The van der Waals surface area contributed by atoms with Crippen molar-refractivity contribution in [3.8, 4) is 5.75 Å². The third-order valence-corrected chi connectivity index (χ3v) is 3.30. The zero-order valence-electron chi connectivity index (χ0n) is 12.0. The van der Waals surface area contributed by atoms with Crippen LogP contribution < -0.4 is 10.1 Å². The molecule has 0 aliphatic heterocycles. The van der Waals surface area contributed by atoms with Gasteiger partial charge in [0.05, 0.1) is 26.7 Å². The molecule has 0 aromatic heterocycles. The highest BCUT2D eigenvalue weighted by atomic mass is 19.4. The summed E-state index contributed by atoms with van der Waals surface area (Å²) in [6.07, 6.45) is -2.69. The Morgan fingerprint density at radius 2 is 2.05 bits per heavy atom. The SMILES string of the molecule is COc1ccc(CNC2CC2)cc1COCCC(F)(F)F. The molecule has 0 unspecified atom stereocenters. The van der Waals surface area contributed by atoms with E-state index in [1.807, 2.05) is 18.2 Å². The van der Waals surface area contributed by atoms with E-state index in [-0.39, 0.29) is 13.2 Å². The van der Waals surface area contributed by atoms with Crippen molar-refractivity contribution < 1.29 is 22.6 Å². The van der Waals surface area contributed by atoms with Gasteiger partial charge in [-0.3, -0.25) is 0 Å². The van der Waals surface area contributed by atoms with Crippen LogP contribution in [-0.4, -0.2) is 25.9 Å². The van der Waals surface area contributed by atoms with Gasteiger partial charge in [0.15, 0.2) is 0 Å². The minimum absolute atomic E-state index is 0.122. The quantitative estimate of drug-likeness (QED) is 0.747. The molecule has 0 radical (unpaired) electrons. The molecule has 1 fully saturated rings. The first-order valence-corrected chi connectivity index (χ1v) is 7.01. The molecule has 1 aliphatic rings. The summed E-state index contributed by atoms with van der Waals surface area (Å²) in [6, 6.07) is 6.31. The van der Waals surface area contributed by atoms with E-state index in [0.717, 1.165) is 17.7 Å². The number of hydrogen-bond acceptors (Lipinski definition) is 3. The number of methoxy groups -OCH3 is 1. The molecule has 21 heavy (non-hydrogen) atoms. The van der Waals surface area contributed by atoms with E-state index in [1.165, 1.54) is 20.0 Å². The van der Waals surface area contributed by atoms with E-state index in [4.69, 9.17) is 9.47 Å². The smallest absolute Gasteiger partial charge is 0.391 e. The lowest BCUT2D eigenvalue weighted by atomic mass is 10.1. The van der Waals surface area contributed by atoms with Gasteiger partial charge in [0.25, 0.3) is 0 Å². The average molecular weight is 303 g/mol. The van der Waals surface area contributed by atoms with Crippen molar-refractivity contribution in [2.24, 2.45) is 0 Å². The predicted molar refractivity (Wildman–Crippen MR) is 73.2 cm³/mol. The highest BCUT2D eigenvalue weighted by Gasteiger charge is 2.26. The summed E-state index contributed by atoms with van der Waals surface area (Å²) in [5.74, 6) is 0.636. The third kappa shape index (κ3) is 5.93. The standard InChI is InChI=1S/C15H20F3NO2/c1-20-14-5-2-11(9-19-13-3-4-13)8-12(14)10-21-7-6-15(16,17)18/h2,5,8,13,19H,3-4,6-7,9-10H2,1H3. The van der Waals surface area contributed by atoms with Crippen molar-refractivity contribution in [2.45, 2.75) is 44.6 Å². The topological polar surface area (TPSA) is 30.5 Å². The third-order valence-electron chi connectivity index (χ3n) is 3.30. The summed E-state index contributed by atoms with van der Waals surface area (Å²) >= 11 is 0. The lowest BCUT2D eigenvalue weighted by Gasteiger charge is -2.12. The lowest BCUT2D eigenvalue weighted by molar-refractivity contribution is -0.146. The molecule has 1 N–H and O–H groups in total. The summed E-state index contributed by atoms with van der Waals surface area (Å²) in [6.45, 7) is 0.540. The van der Waals surface area contributed by atoms with Crippen LogP contribution in [0.2, 0.25) is 0 Å². The van der Waals surface area contributed by atoms with Crippen molar-refractivity contribution in [3.05, 3.63) is 29.3 Å². The first kappa shape index (κ1) is 16.1. The van der Waals surface area contributed by atoms with Crippen molar-refractivity contribution >= 4 is 0 Å². The Balaban J connectivity index is 1.86. The molecule has 0 saturated heterocycles. The van der Waals surface area contributed by atoms with E-state index in [1.54, 1.807) is 0 Å². The van der Waals surface area contributed by atoms with Crippen LogP contribution in [0.5, 0.6) is 5.75 Å². The van der Waals surface area contributed by atoms with Crippen LogP contribution in [0.15, 0.2) is 18.2 Å². The first-order chi connectivity index (χ1) is 9.98. The highest BCUT2D eigenvalue weighted by Crippen LogP contribution is 2.24. The second-order valence-corrected chi connectivity index (χ2v) is 5.22. The number of benzene rings is 1. The molecule has 2 rings (SSSR count). The van der Waals surface area contributed by atoms with Gasteiger partial charge in [-0.25, -0.2) is 0 Å². The first-order valence-electron chi connectivity index (χ1n) is 7.01. The second-order valence-electron chi connectivity index (χ2n) is 5.22. The van der Waals surface area contributed by atoms with Gasteiger partial charge in [0, 0.05) is 18.2 Å². The van der Waals surface area contributed by atoms with Gasteiger partial charge in [-0.1, -0.05) is 6.07 Å². The van der Waals surface area contributed by atoms with Crippen LogP contribution in [0.3, 0.4) is 0 Å². The maximum absolute atomic E-state index is 12.1. The fourth-order valence-corrected chi connectivity index (χ4v) is 1.97. The normalized spacial score (nSPS) is 15.2. The van der Waals surface area contributed by atoms with Gasteiger partial charge in [0.2, 0.25) is 0 Å². The van der Waals surface area contributed by atoms with Crippen molar-refractivity contribution in [2.75, 3.05) is 13.7 Å². The molecule has 0 heterocycles. The summed E-state index contributed by atoms with van der Waals surface area (Å²) in [5.41, 5.74) is 1.85. The van der Waals surface area contributed by atoms with Gasteiger partial charge < -0.3 is 14.8 Å². The van der Waals surface area contributed by atoms with E-state index in [0.29, 0.717) is 11.8 Å². The van der Waals surface area contributed by atoms with Gasteiger partial charge in [-0.15, -0.1) is 0 Å². The number of nitrogens with one attached hydrogen (secondary N) is 1. The predicted octanol–water partition coefficient (Wildman–Crippen LogP) is 3.42. The average Bonchev–Trinajstić information content (AvgIpc) is 3.24. The van der Waals surface area contributed by atoms with E-state index < -0.39 is 12.6 Å². The fourth-order valence-electron chi connectivity index (χ4n) is 1.97. The highest BCUT2D eigenvalue weighted by molar-refractivity contribution is 5.37. The molecule has 1 aliphatic carbocycles. The molecule has 0 atom stereocenters. The van der Waals surface area contributed by atoms with Crippen LogP contribution >= 0.6 is 0 Å². The van der Waals surface area contributed by atoms with Crippen LogP contribution in [0.4, 0.5) is 13.2 Å². The van der Waals surface area contributed by atoms with Crippen LogP contribution in [0.25, 0.3) is 0 Å². The number of halogens is 3. The Morgan fingerprint density at radius 3 is 2.67 bits per heavy atom. The fraction of sp³-hybridized carbons (Fsp3) is 0.600. The van der Waals surface area contributed by atoms with Gasteiger partial charge in [0.1, 0.15) is 5.75 Å². The number of rotatable bonds is 8. The summed E-state index contributed by atoms with van der Waals surface area (Å²) in [4.78, 5) is 0.